The van der Waals surface area contributed by atoms with Crippen molar-refractivity contribution in [1.82, 2.24) is 9.80 Å². The van der Waals surface area contributed by atoms with E-state index in [9.17, 15) is 14.7 Å². The Morgan fingerprint density at radius 1 is 1.06 bits per heavy atom. The number of carboxylic acids is 1. The van der Waals surface area contributed by atoms with Gasteiger partial charge in [0, 0.05) is 26.2 Å². The number of carbonyl (C=O) groups is 2. The predicted molar refractivity (Wildman–Crippen MR) is 67.1 cm³/mol. The summed E-state index contributed by atoms with van der Waals surface area (Å²) in [6.07, 6.45) is 4.83. The van der Waals surface area contributed by atoms with Crippen LogP contribution in [0.3, 0.4) is 0 Å². The molecule has 2 atom stereocenters. The van der Waals surface area contributed by atoms with Crippen molar-refractivity contribution in [2.45, 2.75) is 12.8 Å². The Labute approximate surface area is 107 Å². The number of hydrogen-bond acceptors (Lipinski definition) is 3. The van der Waals surface area contributed by atoms with Gasteiger partial charge in [-0.1, -0.05) is 12.2 Å². The minimum atomic E-state index is -0.855. The minimum absolute atomic E-state index is 0.0138. The molecule has 1 fully saturated rings. The fourth-order valence-electron chi connectivity index (χ4n) is 2.62. The predicted octanol–water partition coefficient (Wildman–Crippen LogP) is 0.427. The number of piperazine rings is 1. The van der Waals surface area contributed by atoms with Gasteiger partial charge >= 0.3 is 5.97 Å². The van der Waals surface area contributed by atoms with Gasteiger partial charge in [-0.05, 0) is 19.9 Å². The summed E-state index contributed by atoms with van der Waals surface area (Å²) in [5.74, 6) is -1.77. The van der Waals surface area contributed by atoms with E-state index in [1.165, 1.54) is 0 Å². The molecule has 1 aliphatic carbocycles. The highest BCUT2D eigenvalue weighted by molar-refractivity contribution is 5.85. The molecule has 0 saturated carbocycles. The molecule has 0 unspecified atom stereocenters. The number of likely N-dealkylation sites (N-methyl/N-ethyl adjacent to an activating group) is 1. The van der Waals surface area contributed by atoms with E-state index >= 15 is 0 Å². The molecule has 1 saturated heterocycles. The van der Waals surface area contributed by atoms with E-state index in [-0.39, 0.29) is 11.8 Å². The van der Waals surface area contributed by atoms with Gasteiger partial charge in [0.25, 0.3) is 0 Å². The second-order valence-electron chi connectivity index (χ2n) is 5.12. The van der Waals surface area contributed by atoms with Gasteiger partial charge in [-0.2, -0.15) is 0 Å². The average Bonchev–Trinajstić information content (AvgIpc) is 2.39. The number of carboxylic acid groups (broad SMARTS) is 1. The molecule has 100 valence electrons. The molecule has 2 rings (SSSR count). The molecule has 1 N–H and O–H groups in total. The van der Waals surface area contributed by atoms with Crippen molar-refractivity contribution in [3.63, 3.8) is 0 Å². The number of aliphatic carboxylic acids is 1. The Kier molecular flexibility index (Phi) is 4.01. The van der Waals surface area contributed by atoms with E-state index in [4.69, 9.17) is 0 Å². The molecular weight excluding hydrogens is 232 g/mol. The molecular formula is C13H20N2O3. The van der Waals surface area contributed by atoms with Crippen LogP contribution in [0, 0.1) is 11.8 Å². The van der Waals surface area contributed by atoms with E-state index in [1.54, 1.807) is 0 Å². The maximum atomic E-state index is 12.4. The Bertz CT molecular complexity index is 359. The third-order valence-corrected chi connectivity index (χ3v) is 3.88. The summed E-state index contributed by atoms with van der Waals surface area (Å²) in [5, 5.41) is 9.19. The van der Waals surface area contributed by atoms with Crippen LogP contribution in [0.5, 0.6) is 0 Å². The van der Waals surface area contributed by atoms with Gasteiger partial charge in [0.15, 0.2) is 0 Å². The Morgan fingerprint density at radius 2 is 1.61 bits per heavy atom. The number of nitrogens with zero attached hydrogens (tertiary/aromatic N) is 2. The van der Waals surface area contributed by atoms with Crippen LogP contribution in [0.2, 0.25) is 0 Å². The quantitative estimate of drug-likeness (QED) is 0.724. The van der Waals surface area contributed by atoms with Crippen molar-refractivity contribution in [2.75, 3.05) is 33.2 Å². The van der Waals surface area contributed by atoms with Gasteiger partial charge in [0.2, 0.25) is 5.91 Å². The number of carbonyl (C=O) groups excluding carboxylic acids is 1. The number of rotatable bonds is 2. The summed E-state index contributed by atoms with van der Waals surface area (Å²) in [5.41, 5.74) is 0. The molecule has 1 amide bonds. The Morgan fingerprint density at radius 3 is 2.17 bits per heavy atom. The number of amides is 1. The maximum Gasteiger partial charge on any atom is 0.307 e. The highest BCUT2D eigenvalue weighted by atomic mass is 16.4. The smallest absolute Gasteiger partial charge is 0.307 e. The van der Waals surface area contributed by atoms with Crippen molar-refractivity contribution in [2.24, 2.45) is 11.8 Å². The van der Waals surface area contributed by atoms with Crippen LogP contribution in [0.25, 0.3) is 0 Å². The second kappa shape index (κ2) is 5.52. The third-order valence-electron chi connectivity index (χ3n) is 3.88. The summed E-state index contributed by atoms with van der Waals surface area (Å²) in [6.45, 7) is 3.15. The van der Waals surface area contributed by atoms with Crippen molar-refractivity contribution >= 4 is 11.9 Å². The average molecular weight is 252 g/mol. The first kappa shape index (κ1) is 13.1. The first-order valence-electron chi connectivity index (χ1n) is 6.44. The first-order chi connectivity index (χ1) is 8.59. The summed E-state index contributed by atoms with van der Waals surface area (Å²) in [6, 6.07) is 0. The van der Waals surface area contributed by atoms with E-state index < -0.39 is 11.9 Å². The Balaban J connectivity index is 2.03. The highest BCUT2D eigenvalue weighted by Crippen LogP contribution is 2.28. The van der Waals surface area contributed by atoms with E-state index in [0.717, 1.165) is 13.1 Å². The molecule has 0 bridgehead atoms. The maximum absolute atomic E-state index is 12.4. The summed E-state index contributed by atoms with van der Waals surface area (Å²) in [4.78, 5) is 27.6. The van der Waals surface area contributed by atoms with Crippen LogP contribution in [0.4, 0.5) is 0 Å². The topological polar surface area (TPSA) is 60.9 Å². The number of hydrogen-bond donors (Lipinski definition) is 1. The lowest BCUT2D eigenvalue weighted by molar-refractivity contribution is -0.151. The highest BCUT2D eigenvalue weighted by Gasteiger charge is 2.36. The minimum Gasteiger partial charge on any atom is -0.481 e. The molecule has 1 heterocycles. The van der Waals surface area contributed by atoms with E-state index in [2.05, 4.69) is 4.90 Å². The van der Waals surface area contributed by atoms with E-state index in [0.29, 0.717) is 25.9 Å². The summed E-state index contributed by atoms with van der Waals surface area (Å²) in [7, 11) is 2.03. The molecule has 0 spiro atoms. The largest absolute Gasteiger partial charge is 0.481 e. The zero-order chi connectivity index (χ0) is 13.1. The van der Waals surface area contributed by atoms with Crippen LogP contribution >= 0.6 is 0 Å². The number of allylic oxidation sites excluding steroid dienone is 2. The van der Waals surface area contributed by atoms with Crippen molar-refractivity contribution < 1.29 is 14.7 Å². The van der Waals surface area contributed by atoms with Crippen LogP contribution in [0.1, 0.15) is 12.8 Å². The second-order valence-corrected chi connectivity index (χ2v) is 5.12. The summed E-state index contributed by atoms with van der Waals surface area (Å²) < 4.78 is 0. The molecule has 0 radical (unpaired) electrons. The fourth-order valence-corrected chi connectivity index (χ4v) is 2.62. The SMILES string of the molecule is CN1CCN(C(=O)[C@H]2CC=CC[C@@H]2C(=O)O)CC1. The Hall–Kier alpha value is -1.36. The van der Waals surface area contributed by atoms with Gasteiger partial charge in [0.05, 0.1) is 11.8 Å². The third kappa shape index (κ3) is 2.72. The zero-order valence-electron chi connectivity index (χ0n) is 10.7. The van der Waals surface area contributed by atoms with Gasteiger partial charge < -0.3 is 14.9 Å². The zero-order valence-corrected chi connectivity index (χ0v) is 10.7. The van der Waals surface area contributed by atoms with Crippen molar-refractivity contribution in [3.05, 3.63) is 12.2 Å². The van der Waals surface area contributed by atoms with Gasteiger partial charge in [-0.25, -0.2) is 0 Å². The summed E-state index contributed by atoms with van der Waals surface area (Å²) >= 11 is 0. The van der Waals surface area contributed by atoms with E-state index in [1.807, 2.05) is 24.1 Å². The molecule has 5 nitrogen and oxygen atoms in total. The molecule has 0 aromatic carbocycles. The molecule has 1 aliphatic heterocycles. The lowest BCUT2D eigenvalue weighted by Crippen LogP contribution is -2.50. The van der Waals surface area contributed by atoms with Crippen LogP contribution in [0.15, 0.2) is 12.2 Å². The molecule has 2 aliphatic rings. The monoisotopic (exact) mass is 252 g/mol. The molecule has 18 heavy (non-hydrogen) atoms. The molecule has 0 aromatic rings. The lowest BCUT2D eigenvalue weighted by atomic mass is 9.82. The fraction of sp³-hybridized carbons (Fsp3) is 0.692. The van der Waals surface area contributed by atoms with Gasteiger partial charge in [-0.3, -0.25) is 9.59 Å². The van der Waals surface area contributed by atoms with Crippen molar-refractivity contribution in [3.8, 4) is 0 Å². The van der Waals surface area contributed by atoms with Crippen LogP contribution < -0.4 is 0 Å². The van der Waals surface area contributed by atoms with Crippen molar-refractivity contribution in [1.29, 1.82) is 0 Å². The van der Waals surface area contributed by atoms with Gasteiger partial charge in [0.1, 0.15) is 0 Å². The molecule has 0 aromatic heterocycles. The standard InChI is InChI=1S/C13H20N2O3/c1-14-6-8-15(9-7-14)12(16)10-4-2-3-5-11(10)13(17)18/h2-3,10-11H,4-9H2,1H3,(H,17,18)/t10-,11-/m0/s1. The molecule has 5 heteroatoms. The van der Waals surface area contributed by atoms with Gasteiger partial charge in [-0.15, -0.1) is 0 Å². The lowest BCUT2D eigenvalue weighted by Gasteiger charge is -2.36. The first-order valence-corrected chi connectivity index (χ1v) is 6.44. The van der Waals surface area contributed by atoms with Crippen LogP contribution in [-0.2, 0) is 9.59 Å². The normalized spacial score (nSPS) is 29.3. The van der Waals surface area contributed by atoms with Crippen LogP contribution in [-0.4, -0.2) is 60.0 Å².